The number of nitrogens with zero attached hydrogens (tertiary/aromatic N) is 2. The second-order valence-corrected chi connectivity index (χ2v) is 5.86. The van der Waals surface area contributed by atoms with Crippen LogP contribution in [0.4, 0.5) is 5.69 Å². The highest BCUT2D eigenvalue weighted by molar-refractivity contribution is 7.92. The van der Waals surface area contributed by atoms with Crippen LogP contribution in [0.15, 0.2) is 47.5 Å². The molecule has 1 atom stereocenters. The van der Waals surface area contributed by atoms with Crippen LogP contribution in [0.1, 0.15) is 11.1 Å². The first-order chi connectivity index (χ1) is 10.2. The molecule has 3 aromatic rings. The predicted molar refractivity (Wildman–Crippen MR) is 82.0 cm³/mol. The lowest BCUT2D eigenvalue weighted by atomic mass is 10.1. The fraction of sp³-hybridized carbons (Fsp3) is 0.0667. The third-order valence-corrected chi connectivity index (χ3v) is 4.21. The highest BCUT2D eigenvalue weighted by atomic mass is 32.2. The number of rotatable bonds is 3. The van der Waals surface area contributed by atoms with Gasteiger partial charge in [0, 0.05) is 11.5 Å². The minimum Gasteiger partial charge on any atom is -0.588 e. The maximum Gasteiger partial charge on any atom is 0.180 e. The second kappa shape index (κ2) is 5.48. The monoisotopic (exact) mass is 296 g/mol. The fourth-order valence-corrected chi connectivity index (χ4v) is 2.96. The first-order valence-electron chi connectivity index (χ1n) is 6.30. The molecular formula is C15H12N4OS. The maximum atomic E-state index is 12.4. The van der Waals surface area contributed by atoms with E-state index in [0.29, 0.717) is 16.1 Å². The zero-order valence-corrected chi connectivity index (χ0v) is 12.1. The van der Waals surface area contributed by atoms with Crippen molar-refractivity contribution in [2.45, 2.75) is 11.8 Å². The summed E-state index contributed by atoms with van der Waals surface area (Å²) >= 11 is -1.44. The molecule has 0 saturated carbocycles. The minimum absolute atomic E-state index is 0.479. The zero-order valence-electron chi connectivity index (χ0n) is 11.3. The van der Waals surface area contributed by atoms with E-state index >= 15 is 0 Å². The molecule has 0 fully saturated rings. The molecule has 0 spiro atoms. The average molecular weight is 296 g/mol. The molecule has 0 aliphatic carbocycles. The van der Waals surface area contributed by atoms with Crippen molar-refractivity contribution in [3.05, 3.63) is 53.7 Å². The number of aryl methyl sites for hydroxylation is 1. The molecule has 3 rings (SSSR count). The Hall–Kier alpha value is -2.49. The molecule has 104 valence electrons. The molecule has 2 N–H and O–H groups in total. The van der Waals surface area contributed by atoms with E-state index in [4.69, 9.17) is 5.26 Å². The Morgan fingerprint density at radius 1 is 1.29 bits per heavy atom. The third-order valence-electron chi connectivity index (χ3n) is 3.12. The van der Waals surface area contributed by atoms with E-state index in [2.05, 4.69) is 21.0 Å². The molecule has 0 saturated heterocycles. The highest BCUT2D eigenvalue weighted by Crippen LogP contribution is 2.22. The summed E-state index contributed by atoms with van der Waals surface area (Å²) in [6, 6.07) is 12.9. The summed E-state index contributed by atoms with van der Waals surface area (Å²) in [5.41, 5.74) is 2.92. The van der Waals surface area contributed by atoms with Crippen LogP contribution in [0, 0.1) is 18.3 Å². The van der Waals surface area contributed by atoms with Gasteiger partial charge in [-0.15, -0.1) is 0 Å². The van der Waals surface area contributed by atoms with Gasteiger partial charge in [-0.25, -0.2) is 4.72 Å². The number of anilines is 1. The fourth-order valence-electron chi connectivity index (χ4n) is 2.03. The van der Waals surface area contributed by atoms with Crippen LogP contribution in [0.3, 0.4) is 0 Å². The van der Waals surface area contributed by atoms with Crippen LogP contribution in [0.2, 0.25) is 0 Å². The lowest BCUT2D eigenvalue weighted by Crippen LogP contribution is -2.13. The molecule has 0 bridgehead atoms. The molecule has 21 heavy (non-hydrogen) atoms. The SMILES string of the molecule is Cc1ccc(N[S+]([O-])c2ccc3[nH]ncc3c2)c(C#N)c1. The maximum absolute atomic E-state index is 12.4. The summed E-state index contributed by atoms with van der Waals surface area (Å²) < 4.78 is 15.3. The standard InChI is InChI=1S/C15H12N4OS/c1-10-2-4-15(11(6-10)8-16)19-21(20)13-3-5-14-12(7-13)9-17-18-14/h2-7,9,19H,1H3,(H,17,18). The summed E-state index contributed by atoms with van der Waals surface area (Å²) in [5, 5.41) is 16.8. The van der Waals surface area contributed by atoms with Crippen LogP contribution in [-0.4, -0.2) is 14.8 Å². The molecule has 0 amide bonds. The van der Waals surface area contributed by atoms with E-state index in [-0.39, 0.29) is 0 Å². The van der Waals surface area contributed by atoms with Crippen molar-refractivity contribution in [1.82, 2.24) is 10.2 Å². The molecule has 1 unspecified atom stereocenters. The van der Waals surface area contributed by atoms with Crippen LogP contribution < -0.4 is 4.72 Å². The molecule has 0 aliphatic heterocycles. The molecule has 5 nitrogen and oxygen atoms in total. The van der Waals surface area contributed by atoms with Crippen molar-refractivity contribution >= 4 is 28.0 Å². The normalized spacial score (nSPS) is 12.0. The average Bonchev–Trinajstić information content (AvgIpc) is 2.96. The Labute approximate surface area is 124 Å². The van der Waals surface area contributed by atoms with E-state index < -0.39 is 11.4 Å². The highest BCUT2D eigenvalue weighted by Gasteiger charge is 2.15. The summed E-state index contributed by atoms with van der Waals surface area (Å²) in [4.78, 5) is 0.633. The van der Waals surface area contributed by atoms with Gasteiger partial charge in [-0.05, 0) is 36.8 Å². The van der Waals surface area contributed by atoms with Crippen LogP contribution in [0.5, 0.6) is 0 Å². The van der Waals surface area contributed by atoms with E-state index in [1.807, 2.05) is 25.1 Å². The summed E-state index contributed by atoms with van der Waals surface area (Å²) in [6.07, 6.45) is 1.68. The molecule has 1 aromatic heterocycles. The number of benzene rings is 2. The van der Waals surface area contributed by atoms with Gasteiger partial charge in [0.2, 0.25) is 0 Å². The van der Waals surface area contributed by atoms with Gasteiger partial charge < -0.3 is 4.55 Å². The number of hydrogen-bond acceptors (Lipinski definition) is 4. The number of nitriles is 1. The van der Waals surface area contributed by atoms with Gasteiger partial charge in [-0.2, -0.15) is 10.4 Å². The Morgan fingerprint density at radius 3 is 2.95 bits per heavy atom. The Morgan fingerprint density at radius 2 is 2.14 bits per heavy atom. The molecule has 0 radical (unpaired) electrons. The second-order valence-electron chi connectivity index (χ2n) is 4.65. The number of H-pyrrole nitrogens is 1. The van der Waals surface area contributed by atoms with Gasteiger partial charge in [0.25, 0.3) is 0 Å². The van der Waals surface area contributed by atoms with Crippen molar-refractivity contribution in [2.24, 2.45) is 0 Å². The van der Waals surface area contributed by atoms with Crippen molar-refractivity contribution in [3.8, 4) is 6.07 Å². The number of aromatic amines is 1. The van der Waals surface area contributed by atoms with Gasteiger partial charge >= 0.3 is 0 Å². The van der Waals surface area contributed by atoms with Crippen LogP contribution in [0.25, 0.3) is 10.9 Å². The van der Waals surface area contributed by atoms with Crippen molar-refractivity contribution in [2.75, 3.05) is 4.72 Å². The summed E-state index contributed by atoms with van der Waals surface area (Å²) in [5.74, 6) is 0. The van der Waals surface area contributed by atoms with E-state index in [1.165, 1.54) is 0 Å². The van der Waals surface area contributed by atoms with Gasteiger partial charge in [-0.3, -0.25) is 5.10 Å². The quantitative estimate of drug-likeness (QED) is 0.727. The van der Waals surface area contributed by atoms with Gasteiger partial charge in [-0.1, -0.05) is 6.07 Å². The van der Waals surface area contributed by atoms with Gasteiger partial charge in [0.1, 0.15) is 17.4 Å². The first-order valence-corrected chi connectivity index (χ1v) is 7.44. The molecule has 1 heterocycles. The molecule has 0 aliphatic rings. The van der Waals surface area contributed by atoms with Crippen molar-refractivity contribution in [1.29, 1.82) is 5.26 Å². The van der Waals surface area contributed by atoms with Crippen LogP contribution in [-0.2, 0) is 11.4 Å². The number of fused-ring (bicyclic) bond motifs is 1. The topological polar surface area (TPSA) is 87.6 Å². The number of hydrogen-bond donors (Lipinski definition) is 2. The van der Waals surface area contributed by atoms with Crippen LogP contribution >= 0.6 is 0 Å². The minimum atomic E-state index is -1.44. The Kier molecular flexibility index (Phi) is 3.52. The summed E-state index contributed by atoms with van der Waals surface area (Å²) in [6.45, 7) is 1.91. The molecule has 2 aromatic carbocycles. The van der Waals surface area contributed by atoms with E-state index in [9.17, 15) is 4.55 Å². The lowest BCUT2D eigenvalue weighted by Gasteiger charge is -2.12. The smallest absolute Gasteiger partial charge is 0.180 e. The van der Waals surface area contributed by atoms with Gasteiger partial charge in [0.15, 0.2) is 4.90 Å². The number of nitrogens with one attached hydrogen (secondary N) is 2. The summed E-state index contributed by atoms with van der Waals surface area (Å²) in [7, 11) is 0. The lowest BCUT2D eigenvalue weighted by molar-refractivity contribution is 0.600. The van der Waals surface area contributed by atoms with Gasteiger partial charge in [0.05, 0.1) is 23.0 Å². The number of aromatic nitrogens is 2. The van der Waals surface area contributed by atoms with Crippen molar-refractivity contribution in [3.63, 3.8) is 0 Å². The molecular weight excluding hydrogens is 284 g/mol. The third kappa shape index (κ3) is 2.70. The first kappa shape index (κ1) is 13.5. The predicted octanol–water partition coefficient (Wildman–Crippen LogP) is 2.88. The Balaban J connectivity index is 1.89. The Bertz CT molecular complexity index is 837. The zero-order chi connectivity index (χ0) is 14.8. The van der Waals surface area contributed by atoms with E-state index in [1.54, 1.807) is 24.4 Å². The van der Waals surface area contributed by atoms with E-state index in [0.717, 1.165) is 16.5 Å². The van der Waals surface area contributed by atoms with Crippen molar-refractivity contribution < 1.29 is 4.55 Å². The molecule has 6 heteroatoms. The largest absolute Gasteiger partial charge is 0.588 e.